The third-order valence-electron chi connectivity index (χ3n) is 2.31. The molecule has 0 aliphatic carbocycles. The monoisotopic (exact) mass is 288 g/mol. The predicted molar refractivity (Wildman–Crippen MR) is 63.3 cm³/mol. The molecule has 0 amide bonds. The second kappa shape index (κ2) is 5.21. The molecule has 5 heteroatoms. The van der Waals surface area contributed by atoms with Gasteiger partial charge in [0.1, 0.15) is 0 Å². The summed E-state index contributed by atoms with van der Waals surface area (Å²) in [5.41, 5.74) is 0.584. The SMILES string of the molecule is COc1cc(Br)cc(C(C)C(=O)O)c1OC. The summed E-state index contributed by atoms with van der Waals surface area (Å²) >= 11 is 3.31. The van der Waals surface area contributed by atoms with Crippen molar-refractivity contribution < 1.29 is 19.4 Å². The van der Waals surface area contributed by atoms with Gasteiger partial charge in [0.25, 0.3) is 0 Å². The summed E-state index contributed by atoms with van der Waals surface area (Å²) < 4.78 is 11.1. The summed E-state index contributed by atoms with van der Waals surface area (Å²) in [5, 5.41) is 9.00. The predicted octanol–water partition coefficient (Wildman–Crippen LogP) is 2.65. The molecule has 0 fully saturated rings. The fourth-order valence-corrected chi connectivity index (χ4v) is 1.87. The average Bonchev–Trinajstić information content (AvgIpc) is 2.26. The minimum atomic E-state index is -0.904. The van der Waals surface area contributed by atoms with Gasteiger partial charge < -0.3 is 14.6 Å². The summed E-state index contributed by atoms with van der Waals surface area (Å²) in [6, 6.07) is 3.46. The Morgan fingerprint density at radius 1 is 1.38 bits per heavy atom. The molecule has 0 radical (unpaired) electrons. The van der Waals surface area contributed by atoms with Crippen LogP contribution in [0.5, 0.6) is 11.5 Å². The van der Waals surface area contributed by atoms with E-state index in [1.807, 2.05) is 0 Å². The summed E-state index contributed by atoms with van der Waals surface area (Å²) in [5.74, 6) is -0.583. The largest absolute Gasteiger partial charge is 0.493 e. The van der Waals surface area contributed by atoms with E-state index in [-0.39, 0.29) is 0 Å². The number of aliphatic carboxylic acids is 1. The number of rotatable bonds is 4. The van der Waals surface area contributed by atoms with Gasteiger partial charge in [-0.1, -0.05) is 15.9 Å². The number of carboxylic acid groups (broad SMARTS) is 1. The smallest absolute Gasteiger partial charge is 0.310 e. The highest BCUT2D eigenvalue weighted by molar-refractivity contribution is 9.10. The molecule has 1 unspecified atom stereocenters. The highest BCUT2D eigenvalue weighted by Gasteiger charge is 2.21. The first-order valence-corrected chi connectivity index (χ1v) is 5.44. The van der Waals surface area contributed by atoms with E-state index in [9.17, 15) is 4.79 Å². The molecule has 1 N–H and O–H groups in total. The van der Waals surface area contributed by atoms with Crippen molar-refractivity contribution in [2.45, 2.75) is 12.8 Å². The lowest BCUT2D eigenvalue weighted by molar-refractivity contribution is -0.138. The normalized spacial score (nSPS) is 12.0. The second-order valence-corrected chi connectivity index (χ2v) is 4.21. The summed E-state index contributed by atoms with van der Waals surface area (Å²) in [7, 11) is 3.00. The van der Waals surface area contributed by atoms with Crippen molar-refractivity contribution >= 4 is 21.9 Å². The minimum Gasteiger partial charge on any atom is -0.493 e. The molecule has 1 aromatic rings. The summed E-state index contributed by atoms with van der Waals surface area (Å²) in [6.07, 6.45) is 0. The standard InChI is InChI=1S/C11H13BrO4/c1-6(11(13)14)8-4-7(12)5-9(15-2)10(8)16-3/h4-6H,1-3H3,(H,13,14). The van der Waals surface area contributed by atoms with Gasteiger partial charge in [0.2, 0.25) is 0 Å². The third kappa shape index (κ3) is 2.47. The van der Waals surface area contributed by atoms with E-state index in [0.717, 1.165) is 4.47 Å². The topological polar surface area (TPSA) is 55.8 Å². The van der Waals surface area contributed by atoms with Crippen LogP contribution in [0.3, 0.4) is 0 Å². The second-order valence-electron chi connectivity index (χ2n) is 3.29. The van der Waals surface area contributed by atoms with E-state index in [1.54, 1.807) is 19.1 Å². The van der Waals surface area contributed by atoms with Crippen molar-refractivity contribution in [2.24, 2.45) is 0 Å². The molecule has 0 aliphatic rings. The maximum atomic E-state index is 11.0. The van der Waals surface area contributed by atoms with Crippen LogP contribution in [0, 0.1) is 0 Å². The molecule has 1 atom stereocenters. The molecule has 1 aromatic carbocycles. The molecule has 0 aliphatic heterocycles. The molecule has 4 nitrogen and oxygen atoms in total. The zero-order valence-electron chi connectivity index (χ0n) is 9.28. The van der Waals surface area contributed by atoms with Crippen molar-refractivity contribution in [3.63, 3.8) is 0 Å². The summed E-state index contributed by atoms with van der Waals surface area (Å²) in [4.78, 5) is 11.0. The van der Waals surface area contributed by atoms with Crippen molar-refractivity contribution in [3.8, 4) is 11.5 Å². The number of ether oxygens (including phenoxy) is 2. The number of halogens is 1. The van der Waals surface area contributed by atoms with Crippen LogP contribution in [0.25, 0.3) is 0 Å². The number of hydrogen-bond donors (Lipinski definition) is 1. The first kappa shape index (κ1) is 12.8. The van der Waals surface area contributed by atoms with Crippen LogP contribution in [0.2, 0.25) is 0 Å². The molecule has 0 bridgehead atoms. The summed E-state index contributed by atoms with van der Waals surface area (Å²) in [6.45, 7) is 1.60. The van der Waals surface area contributed by atoms with Crippen molar-refractivity contribution in [2.75, 3.05) is 14.2 Å². The highest BCUT2D eigenvalue weighted by Crippen LogP contribution is 2.38. The zero-order chi connectivity index (χ0) is 12.3. The molecule has 1 rings (SSSR count). The Hall–Kier alpha value is -1.23. The van der Waals surface area contributed by atoms with Crippen LogP contribution in [-0.2, 0) is 4.79 Å². The maximum absolute atomic E-state index is 11.0. The molecule has 0 saturated carbocycles. The van der Waals surface area contributed by atoms with Gasteiger partial charge in [0.15, 0.2) is 11.5 Å². The van der Waals surface area contributed by atoms with Gasteiger partial charge in [-0.25, -0.2) is 0 Å². The fourth-order valence-electron chi connectivity index (χ4n) is 1.41. The number of carboxylic acids is 1. The lowest BCUT2D eigenvalue weighted by Crippen LogP contribution is -2.09. The first-order chi connectivity index (χ1) is 7.51. The number of methoxy groups -OCH3 is 2. The first-order valence-electron chi connectivity index (χ1n) is 4.65. The van der Waals surface area contributed by atoms with Gasteiger partial charge in [-0.15, -0.1) is 0 Å². The van der Waals surface area contributed by atoms with Crippen molar-refractivity contribution in [3.05, 3.63) is 22.2 Å². The number of carbonyl (C=O) groups is 1. The van der Waals surface area contributed by atoms with Crippen molar-refractivity contribution in [1.29, 1.82) is 0 Å². The molecular formula is C11H13BrO4. The van der Waals surface area contributed by atoms with Gasteiger partial charge in [-0.3, -0.25) is 4.79 Å². The van der Waals surface area contributed by atoms with Crippen LogP contribution < -0.4 is 9.47 Å². The molecule has 0 spiro atoms. The molecule has 0 saturated heterocycles. The Balaban J connectivity index is 3.35. The lowest BCUT2D eigenvalue weighted by atomic mass is 10.00. The molecular weight excluding hydrogens is 276 g/mol. The van der Waals surface area contributed by atoms with E-state index in [0.29, 0.717) is 17.1 Å². The Morgan fingerprint density at radius 3 is 2.44 bits per heavy atom. The molecule has 16 heavy (non-hydrogen) atoms. The maximum Gasteiger partial charge on any atom is 0.310 e. The highest BCUT2D eigenvalue weighted by atomic mass is 79.9. The van der Waals surface area contributed by atoms with E-state index in [4.69, 9.17) is 14.6 Å². The van der Waals surface area contributed by atoms with E-state index >= 15 is 0 Å². The molecule has 88 valence electrons. The Bertz CT molecular complexity index is 403. The van der Waals surface area contributed by atoms with Gasteiger partial charge in [-0.05, 0) is 19.1 Å². The minimum absolute atomic E-state index is 0.459. The zero-order valence-corrected chi connectivity index (χ0v) is 10.9. The van der Waals surface area contributed by atoms with Crippen LogP contribution in [0.4, 0.5) is 0 Å². The number of hydrogen-bond acceptors (Lipinski definition) is 3. The van der Waals surface area contributed by atoms with Crippen LogP contribution in [0.1, 0.15) is 18.4 Å². The van der Waals surface area contributed by atoms with Gasteiger partial charge in [-0.2, -0.15) is 0 Å². The lowest BCUT2D eigenvalue weighted by Gasteiger charge is -2.15. The van der Waals surface area contributed by atoms with E-state index in [2.05, 4.69) is 15.9 Å². The molecule has 0 aromatic heterocycles. The third-order valence-corrected chi connectivity index (χ3v) is 2.77. The van der Waals surface area contributed by atoms with Gasteiger partial charge in [0.05, 0.1) is 20.1 Å². The average molecular weight is 289 g/mol. The number of benzene rings is 1. The molecule has 0 heterocycles. The van der Waals surface area contributed by atoms with Gasteiger partial charge >= 0.3 is 5.97 Å². The van der Waals surface area contributed by atoms with E-state index in [1.165, 1.54) is 14.2 Å². The van der Waals surface area contributed by atoms with Crippen molar-refractivity contribution in [1.82, 2.24) is 0 Å². The Labute approximate surface area is 102 Å². The van der Waals surface area contributed by atoms with Crippen LogP contribution >= 0.6 is 15.9 Å². The quantitative estimate of drug-likeness (QED) is 0.925. The van der Waals surface area contributed by atoms with E-state index < -0.39 is 11.9 Å². The Morgan fingerprint density at radius 2 is 2.00 bits per heavy atom. The Kier molecular flexibility index (Phi) is 4.18. The fraction of sp³-hybridized carbons (Fsp3) is 0.364. The van der Waals surface area contributed by atoms with Crippen LogP contribution in [0.15, 0.2) is 16.6 Å². The van der Waals surface area contributed by atoms with Crippen LogP contribution in [-0.4, -0.2) is 25.3 Å². The van der Waals surface area contributed by atoms with Gasteiger partial charge in [0, 0.05) is 10.0 Å².